The first-order valence-corrected chi connectivity index (χ1v) is 11.3. The molecule has 1 aromatic carbocycles. The van der Waals surface area contributed by atoms with Crippen molar-refractivity contribution >= 4 is 21.4 Å². The van der Waals surface area contributed by atoms with Crippen LogP contribution in [-0.2, 0) is 25.7 Å². The maximum Gasteiger partial charge on any atom is 0.0351 e. The molecule has 0 atom stereocenters. The van der Waals surface area contributed by atoms with E-state index in [1.165, 1.54) is 96.3 Å². The molecule has 4 rings (SSSR count). The van der Waals surface area contributed by atoms with Crippen LogP contribution in [0.3, 0.4) is 0 Å². The Labute approximate surface area is 151 Å². The first kappa shape index (κ1) is 16.6. The van der Waals surface area contributed by atoms with Gasteiger partial charge in [0.25, 0.3) is 0 Å². The van der Waals surface area contributed by atoms with Crippen LogP contribution in [-0.4, -0.2) is 0 Å². The maximum atomic E-state index is 2.62. The summed E-state index contributed by atoms with van der Waals surface area (Å²) in [5.41, 5.74) is 5.09. The van der Waals surface area contributed by atoms with E-state index in [0.717, 1.165) is 0 Å². The van der Waals surface area contributed by atoms with Crippen LogP contribution in [0.15, 0.2) is 12.1 Å². The highest BCUT2D eigenvalue weighted by atomic mass is 32.1. The van der Waals surface area contributed by atoms with Crippen molar-refractivity contribution in [1.82, 2.24) is 0 Å². The van der Waals surface area contributed by atoms with E-state index in [1.54, 1.807) is 31.7 Å². The van der Waals surface area contributed by atoms with Gasteiger partial charge in [-0.1, -0.05) is 44.9 Å². The monoisotopic (exact) mass is 340 g/mol. The lowest BCUT2D eigenvalue weighted by Crippen LogP contribution is -1.98. The van der Waals surface area contributed by atoms with Gasteiger partial charge >= 0.3 is 0 Å². The zero-order valence-electron chi connectivity index (χ0n) is 15.2. The van der Waals surface area contributed by atoms with Gasteiger partial charge in [0.1, 0.15) is 0 Å². The number of hydrogen-bond acceptors (Lipinski definition) is 1. The summed E-state index contributed by atoms with van der Waals surface area (Å²) in [6.45, 7) is 0. The number of benzene rings is 1. The molecular formula is C23H32S. The number of rotatable bonds is 0. The smallest absolute Gasteiger partial charge is 0.0351 e. The van der Waals surface area contributed by atoms with E-state index in [9.17, 15) is 0 Å². The molecule has 0 nitrogen and oxygen atoms in total. The van der Waals surface area contributed by atoms with Crippen LogP contribution >= 0.6 is 11.3 Å². The zero-order valence-corrected chi connectivity index (χ0v) is 16.0. The zero-order chi connectivity index (χ0) is 16.2. The summed E-state index contributed by atoms with van der Waals surface area (Å²) in [7, 11) is 0. The van der Waals surface area contributed by atoms with Gasteiger partial charge in [-0.2, -0.15) is 0 Å². The molecule has 24 heavy (non-hydrogen) atoms. The van der Waals surface area contributed by atoms with Crippen LogP contribution < -0.4 is 0 Å². The summed E-state index contributed by atoms with van der Waals surface area (Å²) in [4.78, 5) is 1.72. The highest BCUT2D eigenvalue weighted by Gasteiger charge is 2.16. The molecule has 0 amide bonds. The van der Waals surface area contributed by atoms with Gasteiger partial charge in [-0.15, -0.1) is 11.3 Å². The van der Waals surface area contributed by atoms with E-state index in [0.29, 0.717) is 0 Å². The fourth-order valence-corrected chi connectivity index (χ4v) is 6.07. The van der Waals surface area contributed by atoms with Crippen molar-refractivity contribution < 1.29 is 0 Å². The molecule has 130 valence electrons. The quantitative estimate of drug-likeness (QED) is 0.469. The highest BCUT2D eigenvalue weighted by Crippen LogP contribution is 2.37. The first-order valence-electron chi connectivity index (χ1n) is 10.5. The number of aryl methyl sites for hydroxylation is 4. The van der Waals surface area contributed by atoms with Crippen LogP contribution in [0.2, 0.25) is 0 Å². The third kappa shape index (κ3) is 3.72. The molecule has 0 spiro atoms. The summed E-state index contributed by atoms with van der Waals surface area (Å²) in [5, 5.41) is 1.63. The predicted octanol–water partition coefficient (Wildman–Crippen LogP) is 7.39. The lowest BCUT2D eigenvalue weighted by molar-refractivity contribution is 0.581. The van der Waals surface area contributed by atoms with Gasteiger partial charge in [0, 0.05) is 9.58 Å². The molecule has 0 aliphatic heterocycles. The minimum Gasteiger partial charge on any atom is -0.140 e. The molecule has 1 heterocycles. The van der Waals surface area contributed by atoms with E-state index in [-0.39, 0.29) is 0 Å². The first-order chi connectivity index (χ1) is 11.9. The third-order valence-corrected chi connectivity index (χ3v) is 7.42. The van der Waals surface area contributed by atoms with Gasteiger partial charge in [0.05, 0.1) is 0 Å². The molecule has 0 bridgehead atoms. The fraction of sp³-hybridized carbons (Fsp3) is 0.652. The molecule has 2 aromatic rings. The molecular weight excluding hydrogens is 308 g/mol. The van der Waals surface area contributed by atoms with Gasteiger partial charge in [-0.3, -0.25) is 0 Å². The number of hydrogen-bond donors (Lipinski definition) is 0. The fourth-order valence-electron chi connectivity index (χ4n) is 4.73. The van der Waals surface area contributed by atoms with Crippen molar-refractivity contribution in [2.24, 2.45) is 0 Å². The van der Waals surface area contributed by atoms with Crippen LogP contribution in [0.1, 0.15) is 92.2 Å². The van der Waals surface area contributed by atoms with E-state index >= 15 is 0 Å². The lowest BCUT2D eigenvalue weighted by Gasteiger charge is -2.13. The molecule has 0 unspecified atom stereocenters. The number of fused-ring (bicyclic) bond motifs is 4. The molecule has 2 aliphatic carbocycles. The van der Waals surface area contributed by atoms with Crippen molar-refractivity contribution in [1.29, 1.82) is 0 Å². The Hall–Kier alpha value is -0.820. The summed E-state index contributed by atoms with van der Waals surface area (Å²) in [6, 6.07) is 5.22. The van der Waals surface area contributed by atoms with Gasteiger partial charge in [0.15, 0.2) is 0 Å². The Morgan fingerprint density at radius 3 is 1.79 bits per heavy atom. The van der Waals surface area contributed by atoms with E-state index in [4.69, 9.17) is 0 Å². The molecule has 0 saturated carbocycles. The summed E-state index contributed by atoms with van der Waals surface area (Å²) in [6.07, 6.45) is 20.9. The SMILES string of the molecule is c1c2c(cc3c4c(sc13)CCCCCCC4)CCCCCCCC2. The minimum atomic E-state index is 1.31. The van der Waals surface area contributed by atoms with Crippen molar-refractivity contribution in [3.8, 4) is 0 Å². The van der Waals surface area contributed by atoms with Gasteiger partial charge in [-0.25, -0.2) is 0 Å². The van der Waals surface area contributed by atoms with Crippen LogP contribution in [0, 0.1) is 0 Å². The number of thiophene rings is 1. The predicted molar refractivity (Wildman–Crippen MR) is 107 cm³/mol. The Kier molecular flexibility index (Phi) is 5.57. The molecule has 2 aliphatic rings. The average Bonchev–Trinajstić information content (AvgIpc) is 2.97. The van der Waals surface area contributed by atoms with Gasteiger partial charge in [-0.05, 0) is 85.6 Å². The van der Waals surface area contributed by atoms with Gasteiger partial charge < -0.3 is 0 Å². The summed E-state index contributed by atoms with van der Waals surface area (Å²) >= 11 is 2.13. The Bertz CT molecular complexity index is 679. The molecule has 0 saturated heterocycles. The van der Waals surface area contributed by atoms with E-state index in [2.05, 4.69) is 23.5 Å². The summed E-state index contributed by atoms with van der Waals surface area (Å²) < 4.78 is 1.59. The van der Waals surface area contributed by atoms with E-state index < -0.39 is 0 Å². The van der Waals surface area contributed by atoms with Crippen LogP contribution in [0.25, 0.3) is 10.1 Å². The molecule has 1 aromatic heterocycles. The third-order valence-electron chi connectivity index (χ3n) is 6.17. The second-order valence-electron chi connectivity index (χ2n) is 8.01. The minimum absolute atomic E-state index is 1.31. The average molecular weight is 341 g/mol. The molecule has 0 N–H and O–H groups in total. The van der Waals surface area contributed by atoms with Gasteiger partial charge in [0.2, 0.25) is 0 Å². The van der Waals surface area contributed by atoms with Crippen molar-refractivity contribution in [3.63, 3.8) is 0 Å². The Morgan fingerprint density at radius 2 is 1.08 bits per heavy atom. The Morgan fingerprint density at radius 1 is 0.542 bits per heavy atom. The molecule has 0 fully saturated rings. The molecule has 1 heteroatoms. The van der Waals surface area contributed by atoms with Crippen LogP contribution in [0.5, 0.6) is 0 Å². The normalized spacial score (nSPS) is 20.5. The second-order valence-corrected chi connectivity index (χ2v) is 9.15. The van der Waals surface area contributed by atoms with E-state index in [1.807, 2.05) is 0 Å². The van der Waals surface area contributed by atoms with Crippen molar-refractivity contribution in [3.05, 3.63) is 33.7 Å². The molecule has 0 radical (unpaired) electrons. The standard InChI is InChI=1S/C23H32S/c1-2-5-9-13-19-17-23-21(16-18(19)12-8-4-1)20-14-10-6-3-7-11-15-22(20)24-23/h16-17H,1-15H2. The highest BCUT2D eigenvalue weighted by molar-refractivity contribution is 7.19. The second kappa shape index (κ2) is 8.04. The van der Waals surface area contributed by atoms with Crippen LogP contribution in [0.4, 0.5) is 0 Å². The van der Waals surface area contributed by atoms with Crippen molar-refractivity contribution in [2.75, 3.05) is 0 Å². The lowest BCUT2D eigenvalue weighted by atomic mass is 9.92. The van der Waals surface area contributed by atoms with Crippen molar-refractivity contribution in [2.45, 2.75) is 96.3 Å². The largest absolute Gasteiger partial charge is 0.140 e. The Balaban J connectivity index is 1.72. The summed E-state index contributed by atoms with van der Waals surface area (Å²) in [5.74, 6) is 0. The maximum absolute atomic E-state index is 2.62. The topological polar surface area (TPSA) is 0 Å².